The molecule has 0 aliphatic carbocycles. The molecule has 0 unspecified atom stereocenters. The fraction of sp³-hybridized carbons (Fsp3) is 0.409. The Balaban J connectivity index is 1.96. The van der Waals surface area contributed by atoms with E-state index in [0.29, 0.717) is 38.7 Å². The highest BCUT2D eigenvalue weighted by atomic mass is 35.5. The molecule has 0 spiro atoms. The van der Waals surface area contributed by atoms with Crippen molar-refractivity contribution in [1.82, 2.24) is 19.9 Å². The van der Waals surface area contributed by atoms with Gasteiger partial charge >= 0.3 is 0 Å². The van der Waals surface area contributed by atoms with Gasteiger partial charge in [0.15, 0.2) is 5.16 Å². The standard InChI is InChI=1S/C22H24Cl2N4O2S/c1-28-7-5-12(6-8-28)20-21-13(11-25-22(27-21)31-4)9-14(26-20)17-18(23)15(29-2)10-16(30-3)19(17)24/h9-12H,5-8H2,1-4H3. The second-order valence-corrected chi connectivity index (χ2v) is 9.08. The van der Waals surface area contributed by atoms with Crippen molar-refractivity contribution in [2.75, 3.05) is 40.6 Å². The Morgan fingerprint density at radius 2 is 1.68 bits per heavy atom. The molecule has 0 amide bonds. The summed E-state index contributed by atoms with van der Waals surface area (Å²) in [7, 11) is 5.27. The predicted octanol–water partition coefficient (Wildman–Crippen LogP) is 5.55. The van der Waals surface area contributed by atoms with Crippen molar-refractivity contribution in [2.24, 2.45) is 0 Å². The molecule has 31 heavy (non-hydrogen) atoms. The van der Waals surface area contributed by atoms with Crippen LogP contribution < -0.4 is 9.47 Å². The summed E-state index contributed by atoms with van der Waals surface area (Å²) in [5.74, 6) is 1.26. The largest absolute Gasteiger partial charge is 0.495 e. The second-order valence-electron chi connectivity index (χ2n) is 7.55. The number of likely N-dealkylation sites (tertiary alicyclic amines) is 1. The van der Waals surface area contributed by atoms with Gasteiger partial charge in [0.1, 0.15) is 11.5 Å². The third-order valence-electron chi connectivity index (χ3n) is 5.69. The number of fused-ring (bicyclic) bond motifs is 1. The molecule has 2 aromatic heterocycles. The van der Waals surface area contributed by atoms with Crippen molar-refractivity contribution in [3.8, 4) is 22.8 Å². The molecular weight excluding hydrogens is 455 g/mol. The maximum absolute atomic E-state index is 6.69. The van der Waals surface area contributed by atoms with Crippen molar-refractivity contribution >= 4 is 45.9 Å². The first-order valence-electron chi connectivity index (χ1n) is 9.97. The molecule has 6 nitrogen and oxygen atoms in total. The molecule has 0 atom stereocenters. The van der Waals surface area contributed by atoms with E-state index in [9.17, 15) is 0 Å². The average molecular weight is 479 g/mol. The lowest BCUT2D eigenvalue weighted by Crippen LogP contribution is -2.29. The minimum absolute atomic E-state index is 0.299. The number of aromatic nitrogens is 3. The molecule has 1 saturated heterocycles. The molecule has 1 aliphatic heterocycles. The minimum atomic E-state index is 0.299. The molecule has 0 bridgehead atoms. The minimum Gasteiger partial charge on any atom is -0.495 e. The normalized spacial score (nSPS) is 15.4. The van der Waals surface area contributed by atoms with E-state index in [0.717, 1.165) is 47.7 Å². The van der Waals surface area contributed by atoms with Gasteiger partial charge in [-0.05, 0) is 45.3 Å². The van der Waals surface area contributed by atoms with Gasteiger partial charge in [0.05, 0.1) is 41.2 Å². The van der Waals surface area contributed by atoms with Gasteiger partial charge in [0.25, 0.3) is 0 Å². The molecule has 1 fully saturated rings. The number of nitrogens with zero attached hydrogens (tertiary/aromatic N) is 4. The first-order valence-corrected chi connectivity index (χ1v) is 12.0. The third-order valence-corrected chi connectivity index (χ3v) is 7.00. The van der Waals surface area contributed by atoms with Crippen LogP contribution in [0.15, 0.2) is 23.5 Å². The zero-order valence-electron chi connectivity index (χ0n) is 17.9. The molecule has 0 radical (unpaired) electrons. The van der Waals surface area contributed by atoms with Crippen LogP contribution in [0.4, 0.5) is 0 Å². The van der Waals surface area contributed by atoms with Crippen molar-refractivity contribution in [1.29, 1.82) is 0 Å². The predicted molar refractivity (Wildman–Crippen MR) is 127 cm³/mol. The number of halogens is 2. The van der Waals surface area contributed by atoms with E-state index < -0.39 is 0 Å². The third kappa shape index (κ3) is 4.29. The lowest BCUT2D eigenvalue weighted by Gasteiger charge is -2.29. The summed E-state index contributed by atoms with van der Waals surface area (Å²) in [6.45, 7) is 2.04. The van der Waals surface area contributed by atoms with Crippen molar-refractivity contribution in [3.63, 3.8) is 0 Å². The van der Waals surface area contributed by atoms with Crippen molar-refractivity contribution in [3.05, 3.63) is 34.1 Å². The summed E-state index contributed by atoms with van der Waals surface area (Å²) < 4.78 is 10.9. The molecular formula is C22H24Cl2N4O2S. The summed E-state index contributed by atoms with van der Waals surface area (Å²) in [6, 6.07) is 3.62. The number of hydrogen-bond donors (Lipinski definition) is 0. The lowest BCUT2D eigenvalue weighted by molar-refractivity contribution is 0.254. The van der Waals surface area contributed by atoms with Crippen LogP contribution in [0.2, 0.25) is 10.0 Å². The summed E-state index contributed by atoms with van der Waals surface area (Å²) in [5, 5.41) is 2.44. The highest BCUT2D eigenvalue weighted by molar-refractivity contribution is 7.98. The fourth-order valence-electron chi connectivity index (χ4n) is 3.95. The first-order chi connectivity index (χ1) is 15.0. The quantitative estimate of drug-likeness (QED) is 0.351. The van der Waals surface area contributed by atoms with E-state index >= 15 is 0 Å². The Labute approximate surface area is 196 Å². The first kappa shape index (κ1) is 22.4. The van der Waals surface area contributed by atoms with Crippen molar-refractivity contribution < 1.29 is 9.47 Å². The monoisotopic (exact) mass is 478 g/mol. The SMILES string of the molecule is COc1cc(OC)c(Cl)c(-c2cc3cnc(SC)nc3c(C3CCN(C)CC3)n2)c1Cl. The summed E-state index contributed by atoms with van der Waals surface area (Å²) in [6.07, 6.45) is 5.85. The molecule has 9 heteroatoms. The number of methoxy groups -OCH3 is 2. The van der Waals surface area contributed by atoms with Gasteiger partial charge in [0.2, 0.25) is 0 Å². The summed E-state index contributed by atoms with van der Waals surface area (Å²) >= 11 is 14.9. The van der Waals surface area contributed by atoms with Gasteiger partial charge < -0.3 is 14.4 Å². The van der Waals surface area contributed by atoms with Crippen molar-refractivity contribution in [2.45, 2.75) is 23.9 Å². The number of ether oxygens (including phenoxy) is 2. The van der Waals surface area contributed by atoms with Crippen LogP contribution in [0, 0.1) is 0 Å². The lowest BCUT2D eigenvalue weighted by atomic mass is 9.91. The second kappa shape index (κ2) is 9.36. The van der Waals surface area contributed by atoms with E-state index in [-0.39, 0.29) is 0 Å². The van der Waals surface area contributed by atoms with Crippen LogP contribution in [0.3, 0.4) is 0 Å². The topological polar surface area (TPSA) is 60.4 Å². The van der Waals surface area contributed by atoms with Crippen LogP contribution in [0.25, 0.3) is 22.2 Å². The van der Waals surface area contributed by atoms with Crippen LogP contribution >= 0.6 is 35.0 Å². The number of pyridine rings is 1. The van der Waals surface area contributed by atoms with Gasteiger partial charge in [-0.25, -0.2) is 9.97 Å². The number of thioether (sulfide) groups is 1. The maximum atomic E-state index is 6.69. The highest BCUT2D eigenvalue weighted by Gasteiger charge is 2.26. The Hall–Kier alpha value is -1.80. The zero-order chi connectivity index (χ0) is 22.1. The van der Waals surface area contributed by atoms with E-state index in [1.165, 1.54) is 11.8 Å². The van der Waals surface area contributed by atoms with Gasteiger partial charge in [-0.2, -0.15) is 0 Å². The highest BCUT2D eigenvalue weighted by Crippen LogP contribution is 2.46. The van der Waals surface area contributed by atoms with Gasteiger partial charge in [-0.15, -0.1) is 0 Å². The van der Waals surface area contributed by atoms with E-state index in [1.54, 1.807) is 20.3 Å². The number of rotatable bonds is 5. The van der Waals surface area contributed by atoms with Crippen LogP contribution in [-0.2, 0) is 0 Å². The number of piperidine rings is 1. The Bertz CT molecular complexity index is 1090. The van der Waals surface area contributed by atoms with Gasteiger partial charge in [0, 0.05) is 29.1 Å². The van der Waals surface area contributed by atoms with Gasteiger partial charge in [-0.3, -0.25) is 4.98 Å². The van der Waals surface area contributed by atoms with E-state index in [4.69, 9.17) is 42.6 Å². The average Bonchev–Trinajstić information content (AvgIpc) is 2.79. The molecule has 4 rings (SSSR count). The number of hydrogen-bond acceptors (Lipinski definition) is 7. The van der Waals surface area contributed by atoms with Crippen LogP contribution in [0.5, 0.6) is 11.5 Å². The van der Waals surface area contributed by atoms with Crippen LogP contribution in [-0.4, -0.2) is 60.5 Å². The summed E-state index contributed by atoms with van der Waals surface area (Å²) in [5.41, 5.74) is 3.10. The smallest absolute Gasteiger partial charge is 0.187 e. The molecule has 0 saturated carbocycles. The van der Waals surface area contributed by atoms with E-state index in [2.05, 4.69) is 16.9 Å². The molecule has 0 N–H and O–H groups in total. The molecule has 3 heterocycles. The molecule has 3 aromatic rings. The molecule has 164 valence electrons. The number of benzene rings is 1. The van der Waals surface area contributed by atoms with Crippen LogP contribution in [0.1, 0.15) is 24.5 Å². The molecule has 1 aromatic carbocycles. The fourth-order valence-corrected chi connectivity index (χ4v) is 4.99. The summed E-state index contributed by atoms with van der Waals surface area (Å²) in [4.78, 5) is 16.7. The zero-order valence-corrected chi connectivity index (χ0v) is 20.2. The maximum Gasteiger partial charge on any atom is 0.187 e. The Morgan fingerprint density at radius 3 is 2.26 bits per heavy atom. The molecule has 1 aliphatic rings. The van der Waals surface area contributed by atoms with Gasteiger partial charge in [-0.1, -0.05) is 35.0 Å². The Kier molecular flexibility index (Phi) is 6.77. The van der Waals surface area contributed by atoms with E-state index in [1.807, 2.05) is 18.5 Å². The Morgan fingerprint density at radius 1 is 1.03 bits per heavy atom.